The summed E-state index contributed by atoms with van der Waals surface area (Å²) in [6, 6.07) is 25.5. The lowest BCUT2D eigenvalue weighted by Gasteiger charge is -2.35. The molecule has 0 bridgehead atoms. The summed E-state index contributed by atoms with van der Waals surface area (Å²) in [4.78, 5) is 30.3. The van der Waals surface area contributed by atoms with E-state index < -0.39 is 28.5 Å². The maximum absolute atomic E-state index is 14.7. The van der Waals surface area contributed by atoms with Gasteiger partial charge >= 0.3 is 0 Å². The van der Waals surface area contributed by atoms with Crippen LogP contribution in [0.3, 0.4) is 0 Å². The van der Waals surface area contributed by atoms with Gasteiger partial charge in [-0.3, -0.25) is 13.9 Å². The van der Waals surface area contributed by atoms with Gasteiger partial charge in [0.05, 0.1) is 25.7 Å². The fourth-order valence-electron chi connectivity index (χ4n) is 5.84. The number of hydrogen-bond acceptors (Lipinski definition) is 4. The fraction of sp³-hybridized carbons (Fsp3) is 0.278. The molecule has 0 heterocycles. The summed E-state index contributed by atoms with van der Waals surface area (Å²) < 4.78 is 29.3. The Hall–Kier alpha value is -3.27. The van der Waals surface area contributed by atoms with E-state index in [-0.39, 0.29) is 50.6 Å². The lowest BCUT2D eigenvalue weighted by molar-refractivity contribution is -0.140. The molecule has 0 spiro atoms. The van der Waals surface area contributed by atoms with Crippen molar-refractivity contribution in [1.82, 2.24) is 10.2 Å². The van der Waals surface area contributed by atoms with E-state index in [1.54, 1.807) is 36.4 Å². The Morgan fingerprint density at radius 3 is 2.06 bits per heavy atom. The van der Waals surface area contributed by atoms with Crippen molar-refractivity contribution in [3.05, 3.63) is 128 Å². The van der Waals surface area contributed by atoms with Crippen molar-refractivity contribution in [2.45, 2.75) is 62.0 Å². The third-order valence-electron chi connectivity index (χ3n) is 8.35. The molecule has 1 atom stereocenters. The Bertz CT molecular complexity index is 1840. The molecule has 0 saturated heterocycles. The van der Waals surface area contributed by atoms with Crippen molar-refractivity contribution in [3.8, 4) is 0 Å². The molecule has 4 aromatic rings. The van der Waals surface area contributed by atoms with Crippen LogP contribution in [0.2, 0.25) is 20.1 Å². The van der Waals surface area contributed by atoms with Crippen LogP contribution < -0.4 is 9.62 Å². The molecule has 0 aromatic heterocycles. The molecule has 0 aliphatic heterocycles. The molecular formula is C36H35Cl4N3O4S. The standard InChI is InChI=1S/C36H35Cl4N3O4S/c37-27-17-19-31(39)33(22-27)43(48(46,47)29-14-8-3-9-15-29)24-35(44)42(23-26-16-18-30(38)32(40)20-26)34(21-25-10-4-1-5-11-25)36(45)41-28-12-6-2-7-13-28/h1,3-5,8-11,14-20,22,28,34H,2,6-7,12-13,21,23-24H2,(H,41,45)/t34-/m0/s1. The number of carbonyl (C=O) groups is 2. The third kappa shape index (κ3) is 9.04. The molecule has 5 rings (SSSR count). The highest BCUT2D eigenvalue weighted by molar-refractivity contribution is 7.92. The Balaban J connectivity index is 1.59. The second-order valence-corrected chi connectivity index (χ2v) is 15.3. The lowest BCUT2D eigenvalue weighted by atomic mass is 9.94. The monoisotopic (exact) mass is 745 g/mol. The summed E-state index contributed by atoms with van der Waals surface area (Å²) in [5, 5.41) is 4.13. The zero-order valence-corrected chi connectivity index (χ0v) is 29.8. The van der Waals surface area contributed by atoms with E-state index in [2.05, 4.69) is 5.32 Å². The fourth-order valence-corrected chi connectivity index (χ4v) is 8.05. The quantitative estimate of drug-likeness (QED) is 0.157. The second kappa shape index (κ2) is 16.4. The second-order valence-electron chi connectivity index (χ2n) is 11.7. The van der Waals surface area contributed by atoms with Gasteiger partial charge in [-0.05, 0) is 66.4 Å². The Kier molecular flexibility index (Phi) is 12.3. The topological polar surface area (TPSA) is 86.8 Å². The predicted octanol–water partition coefficient (Wildman–Crippen LogP) is 8.58. The van der Waals surface area contributed by atoms with E-state index in [1.807, 2.05) is 30.3 Å². The number of amides is 2. The number of nitrogens with one attached hydrogen (secondary N) is 1. The zero-order chi connectivity index (χ0) is 34.3. The van der Waals surface area contributed by atoms with Crippen molar-refractivity contribution in [2.75, 3.05) is 10.8 Å². The molecule has 12 heteroatoms. The molecule has 1 N–H and O–H groups in total. The molecule has 7 nitrogen and oxygen atoms in total. The van der Waals surface area contributed by atoms with Gasteiger partial charge in [0.2, 0.25) is 11.8 Å². The highest BCUT2D eigenvalue weighted by Gasteiger charge is 2.36. The van der Waals surface area contributed by atoms with E-state index in [9.17, 15) is 18.0 Å². The molecule has 48 heavy (non-hydrogen) atoms. The van der Waals surface area contributed by atoms with E-state index in [0.29, 0.717) is 10.6 Å². The minimum Gasteiger partial charge on any atom is -0.352 e. The van der Waals surface area contributed by atoms with Gasteiger partial charge in [0.15, 0.2) is 0 Å². The molecule has 1 fully saturated rings. The van der Waals surface area contributed by atoms with Gasteiger partial charge in [-0.1, -0.05) is 120 Å². The lowest BCUT2D eigenvalue weighted by Crippen LogP contribution is -2.55. The van der Waals surface area contributed by atoms with Gasteiger partial charge in [0.1, 0.15) is 12.6 Å². The summed E-state index contributed by atoms with van der Waals surface area (Å²) in [6.45, 7) is -0.714. The number of benzene rings is 4. The van der Waals surface area contributed by atoms with Gasteiger partial charge in [-0.2, -0.15) is 0 Å². The number of halogens is 4. The van der Waals surface area contributed by atoms with Crippen molar-refractivity contribution < 1.29 is 18.0 Å². The summed E-state index contributed by atoms with van der Waals surface area (Å²) in [5.74, 6) is -0.950. The van der Waals surface area contributed by atoms with Crippen molar-refractivity contribution >= 4 is 73.9 Å². The van der Waals surface area contributed by atoms with Gasteiger partial charge in [0.25, 0.3) is 10.0 Å². The average Bonchev–Trinajstić information content (AvgIpc) is 3.09. The zero-order valence-electron chi connectivity index (χ0n) is 26.0. The normalized spacial score (nSPS) is 14.2. The number of hydrogen-bond donors (Lipinski definition) is 1. The number of nitrogens with zero attached hydrogens (tertiary/aromatic N) is 2. The Morgan fingerprint density at radius 2 is 1.40 bits per heavy atom. The maximum atomic E-state index is 14.7. The molecular weight excluding hydrogens is 712 g/mol. The minimum absolute atomic E-state index is 0.0216. The number of rotatable bonds is 12. The largest absolute Gasteiger partial charge is 0.352 e. The first-order valence-corrected chi connectivity index (χ1v) is 18.6. The average molecular weight is 748 g/mol. The molecule has 2 amide bonds. The first-order chi connectivity index (χ1) is 23.0. The van der Waals surface area contributed by atoms with Gasteiger partial charge in [-0.25, -0.2) is 8.42 Å². The van der Waals surface area contributed by atoms with Crippen LogP contribution in [0.25, 0.3) is 0 Å². The number of carbonyl (C=O) groups excluding carboxylic acids is 2. The first kappa shape index (κ1) is 36.0. The van der Waals surface area contributed by atoms with Crippen LogP contribution in [0.4, 0.5) is 5.69 Å². The summed E-state index contributed by atoms with van der Waals surface area (Å²) in [6.07, 6.45) is 5.01. The van der Waals surface area contributed by atoms with Crippen LogP contribution in [0.15, 0.2) is 102 Å². The molecule has 1 saturated carbocycles. The number of sulfonamides is 1. The Morgan fingerprint density at radius 1 is 0.750 bits per heavy atom. The van der Waals surface area contributed by atoms with Crippen molar-refractivity contribution in [3.63, 3.8) is 0 Å². The summed E-state index contributed by atoms with van der Waals surface area (Å²) in [5.41, 5.74) is 1.47. The highest BCUT2D eigenvalue weighted by atomic mass is 35.5. The van der Waals surface area contributed by atoms with Crippen LogP contribution in [-0.4, -0.2) is 43.8 Å². The molecule has 1 aliphatic carbocycles. The number of anilines is 1. The molecule has 252 valence electrons. The minimum atomic E-state index is -4.33. The van der Waals surface area contributed by atoms with E-state index in [1.165, 1.54) is 35.2 Å². The SMILES string of the molecule is O=C(NC1CCCCC1)[C@H](Cc1ccccc1)N(Cc1ccc(Cl)c(Cl)c1)C(=O)CN(c1cc(Cl)ccc1Cl)S(=O)(=O)c1ccccc1. The predicted molar refractivity (Wildman–Crippen MR) is 193 cm³/mol. The van der Waals surface area contributed by atoms with E-state index >= 15 is 0 Å². The van der Waals surface area contributed by atoms with Crippen molar-refractivity contribution in [1.29, 1.82) is 0 Å². The van der Waals surface area contributed by atoms with Crippen LogP contribution in [0.1, 0.15) is 43.2 Å². The highest BCUT2D eigenvalue weighted by Crippen LogP contribution is 2.34. The van der Waals surface area contributed by atoms with Gasteiger partial charge in [-0.15, -0.1) is 0 Å². The molecule has 1 aliphatic rings. The smallest absolute Gasteiger partial charge is 0.264 e. The molecule has 4 aromatic carbocycles. The summed E-state index contributed by atoms with van der Waals surface area (Å²) >= 11 is 25.5. The van der Waals surface area contributed by atoms with Crippen LogP contribution in [-0.2, 0) is 32.6 Å². The van der Waals surface area contributed by atoms with Crippen molar-refractivity contribution in [2.24, 2.45) is 0 Å². The van der Waals surface area contributed by atoms with E-state index in [0.717, 1.165) is 42.0 Å². The molecule has 0 unspecified atom stereocenters. The maximum Gasteiger partial charge on any atom is 0.264 e. The van der Waals surface area contributed by atoms with E-state index in [4.69, 9.17) is 46.4 Å². The Labute approximate surface area is 301 Å². The summed E-state index contributed by atoms with van der Waals surface area (Å²) in [7, 11) is -4.33. The van der Waals surface area contributed by atoms with Crippen LogP contribution in [0, 0.1) is 0 Å². The first-order valence-electron chi connectivity index (χ1n) is 15.6. The third-order valence-corrected chi connectivity index (χ3v) is 11.4. The van der Waals surface area contributed by atoms with Crippen LogP contribution >= 0.6 is 46.4 Å². The van der Waals surface area contributed by atoms with Crippen LogP contribution in [0.5, 0.6) is 0 Å². The molecule has 0 radical (unpaired) electrons. The van der Waals surface area contributed by atoms with Gasteiger partial charge in [0, 0.05) is 24.0 Å². The van der Waals surface area contributed by atoms with Gasteiger partial charge < -0.3 is 10.2 Å².